The minimum Gasteiger partial charge on any atom is -0.353 e. The van der Waals surface area contributed by atoms with E-state index < -0.39 is 0 Å². The van der Waals surface area contributed by atoms with E-state index in [1.807, 2.05) is 6.92 Å². The number of hydrogen-bond donors (Lipinski definition) is 2. The van der Waals surface area contributed by atoms with Crippen molar-refractivity contribution in [1.82, 2.24) is 5.32 Å². The van der Waals surface area contributed by atoms with E-state index in [2.05, 4.69) is 12.2 Å². The van der Waals surface area contributed by atoms with Gasteiger partial charge in [0.05, 0.1) is 0 Å². The number of nitrogens with one attached hydrogen (secondary N) is 1. The maximum Gasteiger partial charge on any atom is 0.224 e. The molecular weight excluding hydrogens is 224 g/mol. The summed E-state index contributed by atoms with van der Waals surface area (Å²) in [4.78, 5) is 11.6. The van der Waals surface area contributed by atoms with Gasteiger partial charge in [-0.1, -0.05) is 26.7 Å². The molecule has 3 N–H and O–H groups in total. The van der Waals surface area contributed by atoms with E-state index in [4.69, 9.17) is 5.73 Å². The number of nitrogens with two attached hydrogens (primary N) is 1. The Bertz CT molecular complexity index is 211. The Kier molecular flexibility index (Phi) is 7.77. The molecule has 0 aromatic rings. The summed E-state index contributed by atoms with van der Waals surface area (Å²) >= 11 is 0. The molecule has 0 spiro atoms. The first-order valence-corrected chi connectivity index (χ1v) is 6.14. The maximum atomic E-state index is 11.6. The highest BCUT2D eigenvalue weighted by Crippen LogP contribution is 2.22. The van der Waals surface area contributed by atoms with E-state index in [0.29, 0.717) is 12.6 Å². The number of rotatable bonds is 3. The molecule has 16 heavy (non-hydrogen) atoms. The maximum absolute atomic E-state index is 11.6. The Morgan fingerprint density at radius 2 is 2.06 bits per heavy atom. The fraction of sp³-hybridized carbons (Fsp3) is 0.917. The SMILES string of the molecule is CC1CCCC(NC(=O)C(C)CN)CC1.Cl. The molecule has 1 rings (SSSR count). The third-order valence-corrected chi connectivity index (χ3v) is 3.40. The van der Waals surface area contributed by atoms with Gasteiger partial charge in [0.15, 0.2) is 0 Å². The van der Waals surface area contributed by atoms with Crippen LogP contribution in [0.5, 0.6) is 0 Å². The molecule has 4 heteroatoms. The van der Waals surface area contributed by atoms with E-state index in [1.165, 1.54) is 19.3 Å². The van der Waals surface area contributed by atoms with Crippen molar-refractivity contribution in [3.05, 3.63) is 0 Å². The summed E-state index contributed by atoms with van der Waals surface area (Å²) in [5.74, 6) is 0.890. The van der Waals surface area contributed by atoms with Gasteiger partial charge in [-0.05, 0) is 25.2 Å². The zero-order valence-electron chi connectivity index (χ0n) is 10.4. The average Bonchev–Trinajstić information content (AvgIpc) is 2.42. The molecule has 1 fully saturated rings. The molecule has 0 bridgehead atoms. The first-order chi connectivity index (χ1) is 7.13. The lowest BCUT2D eigenvalue weighted by molar-refractivity contribution is -0.125. The predicted octanol–water partition coefficient (Wildman–Crippen LogP) is 2.09. The van der Waals surface area contributed by atoms with Crippen molar-refractivity contribution in [3.8, 4) is 0 Å². The molecule has 0 aromatic carbocycles. The molecule has 1 amide bonds. The molecule has 96 valence electrons. The molecule has 1 saturated carbocycles. The predicted molar refractivity (Wildman–Crippen MR) is 69.6 cm³/mol. The third-order valence-electron chi connectivity index (χ3n) is 3.40. The smallest absolute Gasteiger partial charge is 0.224 e. The fourth-order valence-electron chi connectivity index (χ4n) is 2.08. The van der Waals surface area contributed by atoms with Crippen LogP contribution >= 0.6 is 12.4 Å². The third kappa shape index (κ3) is 5.17. The van der Waals surface area contributed by atoms with Crippen LogP contribution < -0.4 is 11.1 Å². The van der Waals surface area contributed by atoms with Gasteiger partial charge in [-0.3, -0.25) is 4.79 Å². The molecule has 0 aromatic heterocycles. The minimum absolute atomic E-state index is 0. The van der Waals surface area contributed by atoms with Gasteiger partial charge >= 0.3 is 0 Å². The second-order valence-electron chi connectivity index (χ2n) is 4.96. The Labute approximate surface area is 105 Å². The second kappa shape index (κ2) is 7.91. The first-order valence-electron chi connectivity index (χ1n) is 6.14. The average molecular weight is 249 g/mol. The first kappa shape index (κ1) is 15.7. The van der Waals surface area contributed by atoms with Crippen LogP contribution in [0.4, 0.5) is 0 Å². The molecule has 0 radical (unpaired) electrons. The van der Waals surface area contributed by atoms with E-state index in [1.54, 1.807) is 0 Å². The van der Waals surface area contributed by atoms with Crippen LogP contribution in [0, 0.1) is 11.8 Å². The lowest BCUT2D eigenvalue weighted by Gasteiger charge is -2.18. The molecule has 0 saturated heterocycles. The zero-order chi connectivity index (χ0) is 11.3. The molecule has 0 aliphatic heterocycles. The lowest BCUT2D eigenvalue weighted by atomic mass is 10.0. The molecule has 1 aliphatic rings. The Morgan fingerprint density at radius 3 is 2.69 bits per heavy atom. The van der Waals surface area contributed by atoms with Crippen molar-refractivity contribution in [2.24, 2.45) is 17.6 Å². The normalized spacial score (nSPS) is 27.4. The summed E-state index contributed by atoms with van der Waals surface area (Å²) in [7, 11) is 0. The van der Waals surface area contributed by atoms with Crippen molar-refractivity contribution in [3.63, 3.8) is 0 Å². The number of carbonyl (C=O) groups excluding carboxylic acids is 1. The standard InChI is InChI=1S/C12H24N2O.ClH/c1-9-4-3-5-11(7-6-9)14-12(15)10(2)8-13;/h9-11H,3-8,13H2,1-2H3,(H,14,15);1H. The number of amides is 1. The Morgan fingerprint density at radius 1 is 1.38 bits per heavy atom. The van der Waals surface area contributed by atoms with Gasteiger partial charge in [0.25, 0.3) is 0 Å². The van der Waals surface area contributed by atoms with Crippen molar-refractivity contribution in [2.45, 2.75) is 52.0 Å². The van der Waals surface area contributed by atoms with Gasteiger partial charge in [0.1, 0.15) is 0 Å². The van der Waals surface area contributed by atoms with Gasteiger partial charge in [0, 0.05) is 18.5 Å². The summed E-state index contributed by atoms with van der Waals surface area (Å²) in [5.41, 5.74) is 5.47. The van der Waals surface area contributed by atoms with E-state index in [9.17, 15) is 4.79 Å². The van der Waals surface area contributed by atoms with Crippen molar-refractivity contribution in [2.75, 3.05) is 6.54 Å². The van der Waals surface area contributed by atoms with E-state index in [-0.39, 0.29) is 24.2 Å². The van der Waals surface area contributed by atoms with Gasteiger partial charge in [-0.25, -0.2) is 0 Å². The minimum atomic E-state index is -0.0503. The zero-order valence-corrected chi connectivity index (χ0v) is 11.2. The number of carbonyl (C=O) groups is 1. The largest absolute Gasteiger partial charge is 0.353 e. The Hall–Kier alpha value is -0.280. The van der Waals surface area contributed by atoms with Crippen LogP contribution in [-0.4, -0.2) is 18.5 Å². The number of halogens is 1. The highest BCUT2D eigenvalue weighted by molar-refractivity contribution is 5.85. The summed E-state index contributed by atoms with van der Waals surface area (Å²) in [6.07, 6.45) is 6.04. The van der Waals surface area contributed by atoms with Crippen molar-refractivity contribution < 1.29 is 4.79 Å². The molecule has 0 heterocycles. The quantitative estimate of drug-likeness (QED) is 0.752. The van der Waals surface area contributed by atoms with Crippen LogP contribution in [-0.2, 0) is 4.79 Å². The van der Waals surface area contributed by atoms with Gasteiger partial charge in [0.2, 0.25) is 5.91 Å². The monoisotopic (exact) mass is 248 g/mol. The van der Waals surface area contributed by atoms with Crippen LogP contribution in [0.25, 0.3) is 0 Å². The van der Waals surface area contributed by atoms with Crippen LogP contribution in [0.2, 0.25) is 0 Å². The topological polar surface area (TPSA) is 55.1 Å². The summed E-state index contributed by atoms with van der Waals surface area (Å²) in [6, 6.07) is 0.386. The molecule has 1 aliphatic carbocycles. The van der Waals surface area contributed by atoms with Crippen LogP contribution in [0.1, 0.15) is 46.0 Å². The summed E-state index contributed by atoms with van der Waals surface area (Å²) < 4.78 is 0. The van der Waals surface area contributed by atoms with Crippen molar-refractivity contribution in [1.29, 1.82) is 0 Å². The molecule has 3 atom stereocenters. The molecule has 3 unspecified atom stereocenters. The van der Waals surface area contributed by atoms with Gasteiger partial charge in [-0.15, -0.1) is 12.4 Å². The van der Waals surface area contributed by atoms with Crippen LogP contribution in [0.3, 0.4) is 0 Å². The van der Waals surface area contributed by atoms with Crippen molar-refractivity contribution >= 4 is 18.3 Å². The molecule has 3 nitrogen and oxygen atoms in total. The van der Waals surface area contributed by atoms with E-state index in [0.717, 1.165) is 18.8 Å². The highest BCUT2D eigenvalue weighted by Gasteiger charge is 2.19. The summed E-state index contributed by atoms with van der Waals surface area (Å²) in [6.45, 7) is 4.62. The van der Waals surface area contributed by atoms with Gasteiger partial charge in [-0.2, -0.15) is 0 Å². The van der Waals surface area contributed by atoms with E-state index >= 15 is 0 Å². The fourth-order valence-corrected chi connectivity index (χ4v) is 2.08. The molecular formula is C12H25ClN2O. The Balaban J connectivity index is 0.00000225. The number of hydrogen-bond acceptors (Lipinski definition) is 2. The summed E-state index contributed by atoms with van der Waals surface area (Å²) in [5, 5.41) is 3.11. The van der Waals surface area contributed by atoms with Gasteiger partial charge < -0.3 is 11.1 Å². The lowest BCUT2D eigenvalue weighted by Crippen LogP contribution is -2.40. The van der Waals surface area contributed by atoms with Crippen LogP contribution in [0.15, 0.2) is 0 Å². The second-order valence-corrected chi connectivity index (χ2v) is 4.96. The highest BCUT2D eigenvalue weighted by atomic mass is 35.5.